The SMILES string of the molecule is Cc1ccc(NC(=O)C[C@H]2SC(N3N=C(c4ccc(C)cc4)C[C@H]3c3ccccc3)=NC2=O)cc1. The van der Waals surface area contributed by atoms with Crippen molar-refractivity contribution in [3.63, 3.8) is 0 Å². The van der Waals surface area contributed by atoms with Crippen LogP contribution in [0, 0.1) is 13.8 Å². The van der Waals surface area contributed by atoms with Gasteiger partial charge in [-0.25, -0.2) is 5.01 Å². The molecule has 7 heteroatoms. The molecule has 0 saturated heterocycles. The number of rotatable bonds is 5. The van der Waals surface area contributed by atoms with Crippen molar-refractivity contribution in [1.82, 2.24) is 5.01 Å². The molecule has 2 aliphatic heterocycles. The molecule has 0 aromatic heterocycles. The van der Waals surface area contributed by atoms with Gasteiger partial charge in [-0.15, -0.1) is 0 Å². The minimum absolute atomic E-state index is 0.0583. The van der Waals surface area contributed by atoms with Crippen LogP contribution in [0.25, 0.3) is 0 Å². The van der Waals surface area contributed by atoms with Crippen molar-refractivity contribution >= 4 is 40.1 Å². The Morgan fingerprint density at radius 3 is 2.31 bits per heavy atom. The van der Waals surface area contributed by atoms with Gasteiger partial charge >= 0.3 is 0 Å². The number of aryl methyl sites for hydroxylation is 2. The number of nitrogens with one attached hydrogen (secondary N) is 1. The van der Waals surface area contributed by atoms with Crippen molar-refractivity contribution in [2.75, 3.05) is 5.32 Å². The zero-order valence-electron chi connectivity index (χ0n) is 19.6. The summed E-state index contributed by atoms with van der Waals surface area (Å²) in [5.41, 5.74) is 6.14. The highest BCUT2D eigenvalue weighted by Crippen LogP contribution is 2.38. The van der Waals surface area contributed by atoms with Gasteiger partial charge in [0.25, 0.3) is 5.91 Å². The third-order valence-corrected chi connectivity index (χ3v) is 7.25. The highest BCUT2D eigenvalue weighted by Gasteiger charge is 2.39. The normalized spacial score (nSPS) is 19.5. The average molecular weight is 483 g/mol. The largest absolute Gasteiger partial charge is 0.326 e. The number of nitrogens with zero attached hydrogens (tertiary/aromatic N) is 3. The minimum atomic E-state index is -0.564. The molecule has 2 atom stereocenters. The molecule has 0 bridgehead atoms. The van der Waals surface area contributed by atoms with Crippen molar-refractivity contribution in [3.8, 4) is 0 Å². The minimum Gasteiger partial charge on any atom is -0.326 e. The van der Waals surface area contributed by atoms with Crippen LogP contribution < -0.4 is 5.32 Å². The van der Waals surface area contributed by atoms with E-state index in [-0.39, 0.29) is 24.3 Å². The lowest BCUT2D eigenvalue weighted by atomic mass is 9.98. The Kier molecular flexibility index (Phi) is 6.51. The van der Waals surface area contributed by atoms with Gasteiger partial charge in [0.1, 0.15) is 5.25 Å². The smallest absolute Gasteiger partial charge is 0.262 e. The molecule has 3 aromatic rings. The van der Waals surface area contributed by atoms with Crippen molar-refractivity contribution in [2.45, 2.75) is 38.0 Å². The number of hydrogen-bond acceptors (Lipinski definition) is 5. The van der Waals surface area contributed by atoms with E-state index in [1.54, 1.807) is 0 Å². The van der Waals surface area contributed by atoms with E-state index in [1.807, 2.05) is 54.4 Å². The molecule has 3 aromatic carbocycles. The number of amidine groups is 1. The van der Waals surface area contributed by atoms with Gasteiger partial charge < -0.3 is 5.32 Å². The number of amides is 2. The molecule has 2 amide bonds. The zero-order chi connectivity index (χ0) is 24.4. The van der Waals surface area contributed by atoms with Crippen LogP contribution in [0.5, 0.6) is 0 Å². The molecule has 0 unspecified atom stereocenters. The fourth-order valence-corrected chi connectivity index (χ4v) is 5.23. The maximum Gasteiger partial charge on any atom is 0.262 e. The van der Waals surface area contributed by atoms with Gasteiger partial charge in [-0.05, 0) is 37.1 Å². The average Bonchev–Trinajstić information content (AvgIpc) is 3.46. The second kappa shape index (κ2) is 9.88. The number of thioether (sulfide) groups is 1. The Balaban J connectivity index is 1.33. The Bertz CT molecular complexity index is 1300. The first-order valence-electron chi connectivity index (χ1n) is 11.6. The summed E-state index contributed by atoms with van der Waals surface area (Å²) in [4.78, 5) is 29.7. The van der Waals surface area contributed by atoms with Gasteiger partial charge in [-0.3, -0.25) is 9.59 Å². The van der Waals surface area contributed by atoms with E-state index in [9.17, 15) is 9.59 Å². The van der Waals surface area contributed by atoms with Gasteiger partial charge in [-0.1, -0.05) is 89.6 Å². The standard InChI is InChI=1S/C28H26N4O2S/c1-18-8-12-20(13-9-18)23-16-24(21-6-4-3-5-7-21)32(31-23)28-30-27(34)25(35-28)17-26(33)29-22-14-10-19(2)11-15-22/h3-15,24-25H,16-17H2,1-2H3,(H,29,33)/t24-,25+/m0/s1. The molecule has 0 fully saturated rings. The van der Waals surface area contributed by atoms with Gasteiger partial charge in [0.05, 0.1) is 11.8 Å². The molecule has 0 aliphatic carbocycles. The number of hydrogen-bond donors (Lipinski definition) is 1. The summed E-state index contributed by atoms with van der Waals surface area (Å²) < 4.78 is 0. The molecule has 1 N–H and O–H groups in total. The van der Waals surface area contributed by atoms with E-state index in [0.29, 0.717) is 17.3 Å². The topological polar surface area (TPSA) is 74.1 Å². The van der Waals surface area contributed by atoms with Crippen molar-refractivity contribution < 1.29 is 9.59 Å². The number of aliphatic imine (C=N–C) groups is 1. The second-order valence-electron chi connectivity index (χ2n) is 8.85. The fourth-order valence-electron chi connectivity index (χ4n) is 4.16. The quantitative estimate of drug-likeness (QED) is 0.523. The van der Waals surface area contributed by atoms with Crippen LogP contribution in [0.2, 0.25) is 0 Å². The Hall–Kier alpha value is -3.71. The maximum absolute atomic E-state index is 12.7. The molecule has 2 aliphatic rings. The summed E-state index contributed by atoms with van der Waals surface area (Å²) in [7, 11) is 0. The maximum atomic E-state index is 12.7. The number of carbonyl (C=O) groups excluding carboxylic acids is 2. The van der Waals surface area contributed by atoms with Crippen LogP contribution >= 0.6 is 11.8 Å². The number of carbonyl (C=O) groups is 2. The predicted octanol–water partition coefficient (Wildman–Crippen LogP) is 5.48. The van der Waals surface area contributed by atoms with Crippen LogP contribution in [-0.4, -0.2) is 33.0 Å². The summed E-state index contributed by atoms with van der Waals surface area (Å²) in [5, 5.41) is 9.60. The summed E-state index contributed by atoms with van der Waals surface area (Å²) in [6.07, 6.45) is 0.766. The van der Waals surface area contributed by atoms with E-state index >= 15 is 0 Å². The Labute approximate surface area is 209 Å². The van der Waals surface area contributed by atoms with Gasteiger partial charge in [0, 0.05) is 18.5 Å². The van der Waals surface area contributed by atoms with Gasteiger partial charge in [-0.2, -0.15) is 10.1 Å². The van der Waals surface area contributed by atoms with Crippen LogP contribution in [0.1, 0.15) is 41.1 Å². The molecule has 35 heavy (non-hydrogen) atoms. The Morgan fingerprint density at radius 2 is 1.63 bits per heavy atom. The number of anilines is 1. The summed E-state index contributed by atoms with van der Waals surface area (Å²) in [6, 6.07) is 26.0. The zero-order valence-corrected chi connectivity index (χ0v) is 20.5. The molecule has 6 nitrogen and oxygen atoms in total. The predicted molar refractivity (Wildman–Crippen MR) is 142 cm³/mol. The van der Waals surface area contributed by atoms with Crippen LogP contribution in [-0.2, 0) is 9.59 Å². The molecular weight excluding hydrogens is 456 g/mol. The molecule has 2 heterocycles. The summed E-state index contributed by atoms with van der Waals surface area (Å²) in [6.45, 7) is 4.05. The number of benzene rings is 3. The summed E-state index contributed by atoms with van der Waals surface area (Å²) in [5.74, 6) is -0.504. The third kappa shape index (κ3) is 5.20. The highest BCUT2D eigenvalue weighted by molar-refractivity contribution is 8.15. The van der Waals surface area contributed by atoms with E-state index in [2.05, 4.69) is 53.6 Å². The molecule has 176 valence electrons. The molecule has 0 radical (unpaired) electrons. The monoisotopic (exact) mass is 482 g/mol. The van der Waals surface area contributed by atoms with Crippen molar-refractivity contribution in [2.24, 2.45) is 10.1 Å². The first kappa shape index (κ1) is 23.1. The van der Waals surface area contributed by atoms with E-state index < -0.39 is 5.25 Å². The third-order valence-electron chi connectivity index (χ3n) is 6.11. The van der Waals surface area contributed by atoms with Crippen LogP contribution in [0.15, 0.2) is 89.0 Å². The van der Waals surface area contributed by atoms with E-state index in [1.165, 1.54) is 17.3 Å². The lowest BCUT2D eigenvalue weighted by molar-refractivity contribution is -0.121. The molecule has 0 spiro atoms. The van der Waals surface area contributed by atoms with Crippen molar-refractivity contribution in [1.29, 1.82) is 0 Å². The van der Waals surface area contributed by atoms with Crippen LogP contribution in [0.3, 0.4) is 0 Å². The van der Waals surface area contributed by atoms with Gasteiger partial charge in [0.15, 0.2) is 5.17 Å². The van der Waals surface area contributed by atoms with Crippen molar-refractivity contribution in [3.05, 3.63) is 101 Å². The van der Waals surface area contributed by atoms with Gasteiger partial charge in [0.2, 0.25) is 5.91 Å². The molecule has 5 rings (SSSR count). The fraction of sp³-hybridized carbons (Fsp3) is 0.214. The van der Waals surface area contributed by atoms with E-state index in [4.69, 9.17) is 5.10 Å². The highest BCUT2D eigenvalue weighted by atomic mass is 32.2. The first-order valence-corrected chi connectivity index (χ1v) is 12.5. The van der Waals surface area contributed by atoms with Crippen LogP contribution in [0.4, 0.5) is 5.69 Å². The van der Waals surface area contributed by atoms with E-state index in [0.717, 1.165) is 22.4 Å². The second-order valence-corrected chi connectivity index (χ2v) is 10.0. The lowest BCUT2D eigenvalue weighted by Gasteiger charge is -2.23. The first-order chi connectivity index (χ1) is 17.0. The number of hydrazone groups is 1. The lowest BCUT2D eigenvalue weighted by Crippen LogP contribution is -2.25. The Morgan fingerprint density at radius 1 is 0.971 bits per heavy atom. The molecule has 0 saturated carbocycles. The molecular formula is C28H26N4O2S. The summed E-state index contributed by atoms with van der Waals surface area (Å²) >= 11 is 1.31.